The van der Waals surface area contributed by atoms with Gasteiger partial charge in [-0.25, -0.2) is 4.39 Å². The average Bonchev–Trinajstić information content (AvgIpc) is 3.10. The topological polar surface area (TPSA) is 0 Å². The Bertz CT molecular complexity index is 411. The first-order valence-corrected chi connectivity index (χ1v) is 5.94. The van der Waals surface area contributed by atoms with Crippen LogP contribution in [0.1, 0.15) is 43.2 Å². The van der Waals surface area contributed by atoms with E-state index in [4.69, 9.17) is 0 Å². The van der Waals surface area contributed by atoms with Gasteiger partial charge in [-0.2, -0.15) is 0 Å². The molecule has 0 N–H and O–H groups in total. The monoisotopic (exact) mass is 216 g/mol. The molecule has 0 radical (unpaired) electrons. The van der Waals surface area contributed by atoms with Gasteiger partial charge in [0.1, 0.15) is 5.82 Å². The molecule has 0 unspecified atom stereocenters. The molecule has 16 heavy (non-hydrogen) atoms. The molecule has 0 heterocycles. The van der Waals surface area contributed by atoms with E-state index in [1.807, 2.05) is 30.4 Å². The van der Waals surface area contributed by atoms with Crippen molar-refractivity contribution < 1.29 is 4.39 Å². The van der Waals surface area contributed by atoms with E-state index in [-0.39, 0.29) is 5.82 Å². The Morgan fingerprint density at radius 3 is 2.81 bits per heavy atom. The van der Waals surface area contributed by atoms with Gasteiger partial charge in [0.15, 0.2) is 0 Å². The fourth-order valence-corrected chi connectivity index (χ4v) is 1.75. The van der Waals surface area contributed by atoms with Gasteiger partial charge in [0.2, 0.25) is 0 Å². The lowest BCUT2D eigenvalue weighted by Gasteiger charge is -2.01. The largest absolute Gasteiger partial charge is 0.207 e. The van der Waals surface area contributed by atoms with Gasteiger partial charge in [-0.1, -0.05) is 37.3 Å². The lowest BCUT2D eigenvalue weighted by atomic mass is 10.1. The van der Waals surface area contributed by atoms with Gasteiger partial charge in [-0.15, -0.1) is 0 Å². The van der Waals surface area contributed by atoms with Crippen LogP contribution in [0.5, 0.6) is 0 Å². The standard InChI is InChI=1S/C15H17F/c1-2-3-4-5-6-12-7-10-15(16)14(11-12)13-8-9-13/h3-7,10-11,13H,2,8-9H2,1H3/b4-3+,6-5-. The molecule has 0 aliphatic heterocycles. The highest BCUT2D eigenvalue weighted by Crippen LogP contribution is 2.41. The zero-order valence-electron chi connectivity index (χ0n) is 9.62. The summed E-state index contributed by atoms with van der Waals surface area (Å²) in [5, 5.41) is 0. The van der Waals surface area contributed by atoms with E-state index in [1.54, 1.807) is 6.07 Å². The van der Waals surface area contributed by atoms with Crippen LogP contribution < -0.4 is 0 Å². The number of halogens is 1. The third kappa shape index (κ3) is 2.82. The van der Waals surface area contributed by atoms with Crippen molar-refractivity contribution in [3.05, 3.63) is 53.4 Å². The minimum absolute atomic E-state index is 0.0521. The minimum Gasteiger partial charge on any atom is -0.207 e. The first-order chi connectivity index (χ1) is 7.81. The molecule has 1 saturated carbocycles. The lowest BCUT2D eigenvalue weighted by Crippen LogP contribution is -1.87. The van der Waals surface area contributed by atoms with Crippen LogP contribution in [0.3, 0.4) is 0 Å². The highest BCUT2D eigenvalue weighted by Gasteiger charge is 2.26. The molecule has 1 aromatic carbocycles. The average molecular weight is 216 g/mol. The van der Waals surface area contributed by atoms with Gasteiger partial charge in [0.05, 0.1) is 0 Å². The fourth-order valence-electron chi connectivity index (χ4n) is 1.75. The first kappa shape index (κ1) is 11.1. The Labute approximate surface area is 96.5 Å². The summed E-state index contributed by atoms with van der Waals surface area (Å²) in [6.45, 7) is 2.10. The zero-order valence-corrected chi connectivity index (χ0v) is 9.62. The third-order valence-corrected chi connectivity index (χ3v) is 2.81. The molecule has 0 amide bonds. The molecule has 1 fully saturated rings. The van der Waals surface area contributed by atoms with Gasteiger partial charge >= 0.3 is 0 Å². The van der Waals surface area contributed by atoms with Crippen molar-refractivity contribution in [1.29, 1.82) is 0 Å². The molecule has 84 valence electrons. The van der Waals surface area contributed by atoms with Crippen LogP contribution >= 0.6 is 0 Å². The van der Waals surface area contributed by atoms with Crippen molar-refractivity contribution in [2.24, 2.45) is 0 Å². The Kier molecular flexibility index (Phi) is 3.55. The van der Waals surface area contributed by atoms with Crippen LogP contribution in [0.2, 0.25) is 0 Å². The van der Waals surface area contributed by atoms with Gasteiger partial charge in [0, 0.05) is 0 Å². The summed E-state index contributed by atoms with van der Waals surface area (Å²) in [5.74, 6) is 0.420. The Hall–Kier alpha value is -1.37. The lowest BCUT2D eigenvalue weighted by molar-refractivity contribution is 0.610. The van der Waals surface area contributed by atoms with Gasteiger partial charge in [-0.05, 0) is 48.4 Å². The number of hydrogen-bond donors (Lipinski definition) is 0. The summed E-state index contributed by atoms with van der Waals surface area (Å²) in [6.07, 6.45) is 11.5. The van der Waals surface area contributed by atoms with Gasteiger partial charge in [-0.3, -0.25) is 0 Å². The van der Waals surface area contributed by atoms with E-state index in [9.17, 15) is 4.39 Å². The van der Waals surface area contributed by atoms with E-state index < -0.39 is 0 Å². The third-order valence-electron chi connectivity index (χ3n) is 2.81. The second-order valence-corrected chi connectivity index (χ2v) is 4.25. The minimum atomic E-state index is -0.0521. The van der Waals surface area contributed by atoms with Crippen LogP contribution in [0.4, 0.5) is 4.39 Å². The van der Waals surface area contributed by atoms with Gasteiger partial charge < -0.3 is 0 Å². The smallest absolute Gasteiger partial charge is 0.126 e. The van der Waals surface area contributed by atoms with Crippen LogP contribution in [-0.4, -0.2) is 0 Å². The quantitative estimate of drug-likeness (QED) is 0.641. The molecule has 0 saturated heterocycles. The normalized spacial score (nSPS) is 16.4. The molecule has 1 aliphatic rings. The Morgan fingerprint density at radius 2 is 2.12 bits per heavy atom. The SMILES string of the molecule is CC/C=C/C=C\c1ccc(F)c(C2CC2)c1. The highest BCUT2D eigenvalue weighted by molar-refractivity contribution is 5.53. The van der Waals surface area contributed by atoms with Crippen molar-refractivity contribution in [2.75, 3.05) is 0 Å². The summed E-state index contributed by atoms with van der Waals surface area (Å²) in [7, 11) is 0. The number of benzene rings is 1. The van der Waals surface area contributed by atoms with E-state index in [0.717, 1.165) is 30.4 Å². The molecule has 0 aromatic heterocycles. The number of rotatable bonds is 4. The predicted octanol–water partition coefficient (Wildman–Crippen LogP) is 4.68. The van der Waals surface area contributed by atoms with Crippen LogP contribution in [-0.2, 0) is 0 Å². The second-order valence-electron chi connectivity index (χ2n) is 4.25. The summed E-state index contributed by atoms with van der Waals surface area (Å²) in [5.41, 5.74) is 1.98. The van der Waals surface area contributed by atoms with Crippen molar-refractivity contribution in [2.45, 2.75) is 32.1 Å². The molecule has 0 atom stereocenters. The van der Waals surface area contributed by atoms with E-state index in [0.29, 0.717) is 5.92 Å². The Morgan fingerprint density at radius 1 is 1.31 bits per heavy atom. The highest BCUT2D eigenvalue weighted by atomic mass is 19.1. The molecule has 0 spiro atoms. The van der Waals surface area contributed by atoms with Gasteiger partial charge in [0.25, 0.3) is 0 Å². The molecular formula is C15H17F. The summed E-state index contributed by atoms with van der Waals surface area (Å²) < 4.78 is 13.5. The maximum atomic E-state index is 13.5. The van der Waals surface area contributed by atoms with E-state index in [2.05, 4.69) is 13.0 Å². The molecule has 2 rings (SSSR count). The van der Waals surface area contributed by atoms with Crippen LogP contribution in [0, 0.1) is 5.82 Å². The summed E-state index contributed by atoms with van der Waals surface area (Å²) in [6, 6.07) is 5.39. The molecule has 0 bridgehead atoms. The van der Waals surface area contributed by atoms with Crippen molar-refractivity contribution in [3.8, 4) is 0 Å². The van der Waals surface area contributed by atoms with Crippen molar-refractivity contribution in [1.82, 2.24) is 0 Å². The maximum absolute atomic E-state index is 13.5. The zero-order chi connectivity index (χ0) is 11.4. The summed E-state index contributed by atoms with van der Waals surface area (Å²) >= 11 is 0. The molecule has 1 aliphatic carbocycles. The predicted molar refractivity (Wildman–Crippen MR) is 66.8 cm³/mol. The maximum Gasteiger partial charge on any atom is 0.126 e. The number of hydrogen-bond acceptors (Lipinski definition) is 0. The molecule has 1 aromatic rings. The number of allylic oxidation sites excluding steroid dienone is 3. The van der Waals surface area contributed by atoms with Crippen molar-refractivity contribution >= 4 is 6.08 Å². The fraction of sp³-hybridized carbons (Fsp3) is 0.333. The first-order valence-electron chi connectivity index (χ1n) is 5.94. The van der Waals surface area contributed by atoms with E-state index in [1.165, 1.54) is 0 Å². The van der Waals surface area contributed by atoms with Crippen LogP contribution in [0.15, 0.2) is 36.4 Å². The molecular weight excluding hydrogens is 199 g/mol. The van der Waals surface area contributed by atoms with E-state index >= 15 is 0 Å². The molecule has 1 heteroatoms. The second kappa shape index (κ2) is 5.11. The molecule has 0 nitrogen and oxygen atoms in total. The summed E-state index contributed by atoms with van der Waals surface area (Å²) in [4.78, 5) is 0. The Balaban J connectivity index is 2.12. The van der Waals surface area contributed by atoms with Crippen LogP contribution in [0.25, 0.3) is 6.08 Å². The van der Waals surface area contributed by atoms with Crippen molar-refractivity contribution in [3.63, 3.8) is 0 Å².